The molecule has 46 heavy (non-hydrogen) atoms. The van der Waals surface area contributed by atoms with Crippen molar-refractivity contribution >= 4 is 17.1 Å². The second-order valence-corrected chi connectivity index (χ2v) is 11.2. The van der Waals surface area contributed by atoms with Crippen molar-refractivity contribution < 1.29 is 14.6 Å². The molecule has 9 heteroatoms. The summed E-state index contributed by atoms with van der Waals surface area (Å²) in [6.45, 7) is 7.03. The highest BCUT2D eigenvalue weighted by molar-refractivity contribution is 5.88. The van der Waals surface area contributed by atoms with Gasteiger partial charge in [0.15, 0.2) is 0 Å². The molecule has 0 aliphatic carbocycles. The van der Waals surface area contributed by atoms with Gasteiger partial charge in [-0.05, 0) is 36.4 Å². The van der Waals surface area contributed by atoms with Crippen molar-refractivity contribution in [1.82, 2.24) is 25.5 Å². The second-order valence-electron chi connectivity index (χ2n) is 11.2. The minimum atomic E-state index is 0.178. The van der Waals surface area contributed by atoms with Crippen LogP contribution in [0.25, 0.3) is 10.9 Å². The van der Waals surface area contributed by atoms with Crippen LogP contribution in [0.5, 0.6) is 17.2 Å². The fraction of sp³-hybridized carbons (Fsp3) is 0.270. The number of aliphatic imine (C=N–C) groups is 1. The van der Waals surface area contributed by atoms with Crippen LogP contribution in [0.4, 0.5) is 0 Å². The lowest BCUT2D eigenvalue weighted by molar-refractivity contribution is 0.274. The van der Waals surface area contributed by atoms with E-state index in [1.54, 1.807) is 12.3 Å². The number of hydrogen-bond donors (Lipinski definition) is 3. The Hall–Kier alpha value is -4.83. The highest BCUT2D eigenvalue weighted by Crippen LogP contribution is 2.23. The predicted molar refractivity (Wildman–Crippen MR) is 182 cm³/mol. The number of phenols is 1. The van der Waals surface area contributed by atoms with Gasteiger partial charge in [-0.3, -0.25) is 14.9 Å². The maximum Gasteiger partial charge on any atom is 0.141 e. The average Bonchev–Trinajstić information content (AvgIpc) is 3.09. The topological polar surface area (TPSA) is 104 Å². The van der Waals surface area contributed by atoms with E-state index in [2.05, 4.69) is 37.6 Å². The number of para-hydroxylation sites is 3. The van der Waals surface area contributed by atoms with Gasteiger partial charge in [-0.15, -0.1) is 0 Å². The summed E-state index contributed by atoms with van der Waals surface area (Å²) in [7, 11) is 0. The summed E-state index contributed by atoms with van der Waals surface area (Å²) in [4.78, 5) is 16.4. The van der Waals surface area contributed by atoms with Gasteiger partial charge in [0.05, 0.1) is 23.6 Å². The molecule has 0 amide bonds. The zero-order chi connectivity index (χ0) is 31.4. The molecule has 0 atom stereocenters. The predicted octanol–water partition coefficient (Wildman–Crippen LogP) is 5.11. The van der Waals surface area contributed by atoms with Gasteiger partial charge in [-0.1, -0.05) is 60.7 Å². The number of ether oxygens (including phenoxy) is 2. The fourth-order valence-electron chi connectivity index (χ4n) is 5.41. The molecule has 0 saturated heterocycles. The second kappa shape index (κ2) is 15.9. The molecule has 5 aromatic rings. The Labute approximate surface area is 270 Å². The van der Waals surface area contributed by atoms with Crippen molar-refractivity contribution in [2.75, 3.05) is 39.3 Å². The number of nitrogens with one attached hydrogen (secondary N) is 2. The Balaban J connectivity index is 1.12. The van der Waals surface area contributed by atoms with Gasteiger partial charge in [0.2, 0.25) is 0 Å². The molecule has 1 aliphatic heterocycles. The Kier molecular flexibility index (Phi) is 10.8. The van der Waals surface area contributed by atoms with Gasteiger partial charge < -0.3 is 25.2 Å². The summed E-state index contributed by atoms with van der Waals surface area (Å²) in [5.41, 5.74) is 5.27. The van der Waals surface area contributed by atoms with Crippen molar-refractivity contribution in [1.29, 1.82) is 0 Å². The van der Waals surface area contributed by atoms with Crippen molar-refractivity contribution in [3.05, 3.63) is 125 Å². The van der Waals surface area contributed by atoms with Crippen molar-refractivity contribution in [2.45, 2.75) is 26.3 Å². The normalized spacial score (nSPS) is 15.4. The maximum absolute atomic E-state index is 10.2. The zero-order valence-electron chi connectivity index (χ0n) is 25.9. The van der Waals surface area contributed by atoms with Crippen LogP contribution in [0.2, 0.25) is 0 Å². The quantitative estimate of drug-likeness (QED) is 0.240. The molecule has 236 valence electrons. The summed E-state index contributed by atoms with van der Waals surface area (Å²) in [6.07, 6.45) is 1.79. The van der Waals surface area contributed by atoms with Crippen LogP contribution in [0.15, 0.2) is 102 Å². The first-order chi connectivity index (χ1) is 22.7. The van der Waals surface area contributed by atoms with Crippen LogP contribution in [-0.2, 0) is 26.3 Å². The molecule has 0 fully saturated rings. The van der Waals surface area contributed by atoms with Crippen molar-refractivity contribution in [2.24, 2.45) is 4.99 Å². The number of aromatic nitrogens is 2. The van der Waals surface area contributed by atoms with Crippen LogP contribution in [0, 0.1) is 0 Å². The fourth-order valence-corrected chi connectivity index (χ4v) is 5.41. The summed E-state index contributed by atoms with van der Waals surface area (Å²) < 4.78 is 12.4. The Morgan fingerprint density at radius 2 is 1.35 bits per heavy atom. The highest BCUT2D eigenvalue weighted by atomic mass is 16.5. The third-order valence-corrected chi connectivity index (χ3v) is 7.89. The molecule has 2 bridgehead atoms. The lowest BCUT2D eigenvalue weighted by atomic mass is 10.2. The maximum atomic E-state index is 10.2. The number of fused-ring (bicyclic) bond motifs is 5. The molecule has 0 spiro atoms. The van der Waals surface area contributed by atoms with Crippen molar-refractivity contribution in [3.8, 4) is 17.2 Å². The Morgan fingerprint density at radius 3 is 2.02 bits per heavy atom. The molecule has 1 aliphatic rings. The number of nitrogens with zero attached hydrogens (tertiary/aromatic N) is 4. The molecule has 0 unspecified atom stereocenters. The molecule has 3 aromatic carbocycles. The van der Waals surface area contributed by atoms with E-state index in [-0.39, 0.29) is 5.75 Å². The van der Waals surface area contributed by atoms with E-state index in [1.165, 1.54) is 0 Å². The lowest BCUT2D eigenvalue weighted by Crippen LogP contribution is -2.38. The van der Waals surface area contributed by atoms with E-state index in [0.29, 0.717) is 38.4 Å². The van der Waals surface area contributed by atoms with Crippen LogP contribution in [-0.4, -0.2) is 65.5 Å². The Bertz CT molecular complexity index is 1690. The van der Waals surface area contributed by atoms with E-state index >= 15 is 0 Å². The van der Waals surface area contributed by atoms with Crippen molar-refractivity contribution in [3.63, 3.8) is 0 Å². The SMILES string of the molecule is Oc1cccc2ccc(C=NCCN3CCNCc4ccccc4OCc4cccc(n4)COc4ccccc4CNCC3)nc12. The van der Waals surface area contributed by atoms with E-state index in [9.17, 15) is 5.11 Å². The number of hydrogen-bond acceptors (Lipinski definition) is 9. The van der Waals surface area contributed by atoms with Gasteiger partial charge in [-0.2, -0.15) is 0 Å². The number of phenolic OH excluding ortho intramolecular Hbond substituents is 1. The number of benzene rings is 3. The standard InChI is InChI=1S/C37H40N6O3/c44-34-12-5-9-28-15-16-31(42-37(28)34)25-40-19-22-43-20-17-38-23-29-7-1-3-13-35(29)45-26-32-10-6-11-33(41-32)27-46-36-14-4-2-8-30(36)24-39-18-21-43/h1-16,25,38-39,44H,17-24,26-27H2. The molecule has 3 heterocycles. The minimum absolute atomic E-state index is 0.178. The van der Waals surface area contributed by atoms with Gasteiger partial charge in [0.25, 0.3) is 0 Å². The molecule has 6 rings (SSSR count). The minimum Gasteiger partial charge on any atom is -0.506 e. The van der Waals surface area contributed by atoms with Crippen LogP contribution >= 0.6 is 0 Å². The Morgan fingerprint density at radius 1 is 0.717 bits per heavy atom. The first-order valence-electron chi connectivity index (χ1n) is 15.8. The first-order valence-corrected chi connectivity index (χ1v) is 15.8. The molecule has 2 aromatic heterocycles. The van der Waals surface area contributed by atoms with E-state index in [4.69, 9.17) is 14.5 Å². The number of rotatable bonds is 4. The number of pyridine rings is 2. The molecule has 0 saturated carbocycles. The van der Waals surface area contributed by atoms with Gasteiger partial charge in [0.1, 0.15) is 36.0 Å². The third kappa shape index (κ3) is 8.66. The molecule has 3 N–H and O–H groups in total. The largest absolute Gasteiger partial charge is 0.506 e. The zero-order valence-corrected chi connectivity index (χ0v) is 25.9. The molecule has 0 radical (unpaired) electrons. The lowest BCUT2D eigenvalue weighted by Gasteiger charge is -2.22. The monoisotopic (exact) mass is 616 g/mol. The summed E-state index contributed by atoms with van der Waals surface area (Å²) in [6, 6.07) is 31.5. The summed E-state index contributed by atoms with van der Waals surface area (Å²) in [5, 5.41) is 18.3. The van der Waals surface area contributed by atoms with E-state index in [1.807, 2.05) is 78.9 Å². The molecular weight excluding hydrogens is 576 g/mol. The van der Waals surface area contributed by atoms with Gasteiger partial charge in [0, 0.05) is 68.5 Å². The van der Waals surface area contributed by atoms with Gasteiger partial charge >= 0.3 is 0 Å². The van der Waals surface area contributed by atoms with E-state index < -0.39 is 0 Å². The molecule has 9 nitrogen and oxygen atoms in total. The third-order valence-electron chi connectivity index (χ3n) is 7.89. The average molecular weight is 617 g/mol. The smallest absolute Gasteiger partial charge is 0.141 e. The van der Waals surface area contributed by atoms with E-state index in [0.717, 1.165) is 77.8 Å². The number of aromatic hydroxyl groups is 1. The van der Waals surface area contributed by atoms with Crippen LogP contribution < -0.4 is 20.1 Å². The molecular formula is C37H40N6O3. The van der Waals surface area contributed by atoms with Gasteiger partial charge in [-0.25, -0.2) is 4.98 Å². The summed E-state index contributed by atoms with van der Waals surface area (Å²) >= 11 is 0. The summed E-state index contributed by atoms with van der Waals surface area (Å²) in [5.74, 6) is 1.89. The van der Waals surface area contributed by atoms with Crippen LogP contribution in [0.3, 0.4) is 0 Å². The van der Waals surface area contributed by atoms with Crippen LogP contribution in [0.1, 0.15) is 28.2 Å². The first kappa shape index (κ1) is 31.2. The highest BCUT2D eigenvalue weighted by Gasteiger charge is 2.10.